The molecule has 3 N–H and O–H groups in total. The van der Waals surface area contributed by atoms with Gasteiger partial charge in [-0.05, 0) is 30.9 Å². The first-order valence-corrected chi connectivity index (χ1v) is 7.35. The van der Waals surface area contributed by atoms with E-state index in [1.807, 2.05) is 30.3 Å². The van der Waals surface area contributed by atoms with Crippen molar-refractivity contribution >= 4 is 0 Å². The summed E-state index contributed by atoms with van der Waals surface area (Å²) >= 11 is 0. The van der Waals surface area contributed by atoms with Crippen LogP contribution in [0.15, 0.2) is 30.3 Å². The van der Waals surface area contributed by atoms with E-state index < -0.39 is 5.54 Å². The standard InChI is InChI=1S/C16H26N2O/c1-2-18(11-14-7-6-8-14)12-16(17,13-19)15-9-4-3-5-10-15/h3-5,9-10,14,19H,2,6-8,11-13,17H2,1H3. The molecule has 1 aromatic rings. The van der Waals surface area contributed by atoms with E-state index in [0.29, 0.717) is 0 Å². The Morgan fingerprint density at radius 3 is 2.47 bits per heavy atom. The van der Waals surface area contributed by atoms with Crippen molar-refractivity contribution in [1.82, 2.24) is 4.90 Å². The first-order valence-electron chi connectivity index (χ1n) is 7.35. The van der Waals surface area contributed by atoms with Gasteiger partial charge in [-0.1, -0.05) is 43.7 Å². The smallest absolute Gasteiger partial charge is 0.0772 e. The number of hydrogen-bond acceptors (Lipinski definition) is 3. The quantitative estimate of drug-likeness (QED) is 0.789. The highest BCUT2D eigenvalue weighted by Gasteiger charge is 2.30. The maximum absolute atomic E-state index is 9.74. The van der Waals surface area contributed by atoms with Gasteiger partial charge < -0.3 is 15.7 Å². The lowest BCUT2D eigenvalue weighted by atomic mass is 9.84. The number of nitrogens with zero attached hydrogens (tertiary/aromatic N) is 1. The number of likely N-dealkylation sites (N-methyl/N-ethyl adjacent to an activating group) is 1. The summed E-state index contributed by atoms with van der Waals surface area (Å²) in [5.41, 5.74) is 6.80. The Hall–Kier alpha value is -0.900. The predicted molar refractivity (Wildman–Crippen MR) is 78.8 cm³/mol. The zero-order valence-corrected chi connectivity index (χ0v) is 11.9. The van der Waals surface area contributed by atoms with Gasteiger partial charge in [0.1, 0.15) is 0 Å². The predicted octanol–water partition coefficient (Wildman–Crippen LogP) is 1.95. The zero-order chi connectivity index (χ0) is 13.7. The van der Waals surface area contributed by atoms with Crippen LogP contribution in [-0.4, -0.2) is 36.2 Å². The van der Waals surface area contributed by atoms with Gasteiger partial charge in [-0.3, -0.25) is 0 Å². The molecule has 1 aliphatic carbocycles. The number of hydrogen-bond donors (Lipinski definition) is 2. The molecule has 0 radical (unpaired) electrons. The van der Waals surface area contributed by atoms with Crippen molar-refractivity contribution in [2.24, 2.45) is 11.7 Å². The summed E-state index contributed by atoms with van der Waals surface area (Å²) in [5.74, 6) is 0.832. The van der Waals surface area contributed by atoms with Crippen molar-refractivity contribution < 1.29 is 5.11 Å². The fourth-order valence-electron chi connectivity index (χ4n) is 2.75. The number of rotatable bonds is 7. The van der Waals surface area contributed by atoms with Crippen LogP contribution in [0.4, 0.5) is 0 Å². The van der Waals surface area contributed by atoms with E-state index in [1.165, 1.54) is 19.3 Å². The third-order valence-corrected chi connectivity index (χ3v) is 4.32. The van der Waals surface area contributed by atoms with Gasteiger partial charge in [0.2, 0.25) is 0 Å². The first-order chi connectivity index (χ1) is 9.18. The van der Waals surface area contributed by atoms with Gasteiger partial charge in [-0.2, -0.15) is 0 Å². The molecule has 1 fully saturated rings. The lowest BCUT2D eigenvalue weighted by molar-refractivity contribution is 0.113. The minimum Gasteiger partial charge on any atom is -0.394 e. The van der Waals surface area contributed by atoms with Gasteiger partial charge in [-0.15, -0.1) is 0 Å². The summed E-state index contributed by atoms with van der Waals surface area (Å²) in [7, 11) is 0. The molecule has 0 aromatic heterocycles. The Labute approximate surface area is 116 Å². The molecule has 1 saturated carbocycles. The second-order valence-corrected chi connectivity index (χ2v) is 5.80. The summed E-state index contributed by atoms with van der Waals surface area (Å²) in [5, 5.41) is 9.74. The van der Waals surface area contributed by atoms with Crippen molar-refractivity contribution in [1.29, 1.82) is 0 Å². The molecule has 3 nitrogen and oxygen atoms in total. The third-order valence-electron chi connectivity index (χ3n) is 4.32. The first kappa shape index (κ1) is 14.5. The topological polar surface area (TPSA) is 49.5 Å². The fourth-order valence-corrected chi connectivity index (χ4v) is 2.75. The highest BCUT2D eigenvalue weighted by Crippen LogP contribution is 2.28. The molecule has 0 saturated heterocycles. The zero-order valence-electron chi connectivity index (χ0n) is 11.9. The van der Waals surface area contributed by atoms with Gasteiger partial charge in [-0.25, -0.2) is 0 Å². The molecular weight excluding hydrogens is 236 g/mol. The van der Waals surface area contributed by atoms with Crippen LogP contribution in [0.5, 0.6) is 0 Å². The van der Waals surface area contributed by atoms with Gasteiger partial charge in [0.15, 0.2) is 0 Å². The Bertz CT molecular complexity index is 378. The minimum absolute atomic E-state index is 0.0157. The van der Waals surface area contributed by atoms with E-state index >= 15 is 0 Å². The molecule has 0 heterocycles. The lowest BCUT2D eigenvalue weighted by Crippen LogP contribution is -2.51. The van der Waals surface area contributed by atoms with Crippen LogP contribution in [0.3, 0.4) is 0 Å². The van der Waals surface area contributed by atoms with Crippen molar-refractivity contribution in [3.8, 4) is 0 Å². The number of aliphatic hydroxyl groups is 1. The molecule has 0 aliphatic heterocycles. The van der Waals surface area contributed by atoms with E-state index in [4.69, 9.17) is 5.73 Å². The second kappa shape index (κ2) is 6.51. The highest BCUT2D eigenvalue weighted by atomic mass is 16.3. The third kappa shape index (κ3) is 3.56. The van der Waals surface area contributed by atoms with Crippen molar-refractivity contribution in [2.75, 3.05) is 26.2 Å². The van der Waals surface area contributed by atoms with Gasteiger partial charge in [0, 0.05) is 13.1 Å². The average molecular weight is 262 g/mol. The SMILES string of the molecule is CCN(CC1CCC1)CC(N)(CO)c1ccccc1. The summed E-state index contributed by atoms with van der Waals surface area (Å²) in [6.07, 6.45) is 4.06. The Balaban J connectivity index is 2.03. The average Bonchev–Trinajstić information content (AvgIpc) is 2.42. The monoisotopic (exact) mass is 262 g/mol. The number of aliphatic hydroxyl groups excluding tert-OH is 1. The van der Waals surface area contributed by atoms with E-state index in [1.54, 1.807) is 0 Å². The van der Waals surface area contributed by atoms with E-state index in [9.17, 15) is 5.11 Å². The Kier molecular flexibility index (Phi) is 4.97. The van der Waals surface area contributed by atoms with Gasteiger partial charge in [0.05, 0.1) is 12.1 Å². The van der Waals surface area contributed by atoms with Gasteiger partial charge in [0.25, 0.3) is 0 Å². The highest BCUT2D eigenvalue weighted by molar-refractivity contribution is 5.24. The summed E-state index contributed by atoms with van der Waals surface area (Å²) in [6, 6.07) is 9.96. The number of nitrogens with two attached hydrogens (primary N) is 1. The van der Waals surface area contributed by atoms with Crippen molar-refractivity contribution in [2.45, 2.75) is 31.7 Å². The maximum Gasteiger partial charge on any atom is 0.0772 e. The molecule has 2 rings (SSSR count). The van der Waals surface area contributed by atoms with Crippen LogP contribution in [0.2, 0.25) is 0 Å². The molecule has 19 heavy (non-hydrogen) atoms. The van der Waals surface area contributed by atoms with Crippen LogP contribution in [-0.2, 0) is 5.54 Å². The van der Waals surface area contributed by atoms with Crippen LogP contribution < -0.4 is 5.73 Å². The molecule has 0 spiro atoms. The van der Waals surface area contributed by atoms with Crippen molar-refractivity contribution in [3.05, 3.63) is 35.9 Å². The normalized spacial score (nSPS) is 19.2. The largest absolute Gasteiger partial charge is 0.394 e. The molecule has 1 unspecified atom stereocenters. The second-order valence-electron chi connectivity index (χ2n) is 5.80. The Morgan fingerprint density at radius 1 is 1.32 bits per heavy atom. The summed E-state index contributed by atoms with van der Waals surface area (Å²) in [6.45, 7) is 4.98. The van der Waals surface area contributed by atoms with Crippen molar-refractivity contribution in [3.63, 3.8) is 0 Å². The number of benzene rings is 1. The van der Waals surface area contributed by atoms with Crippen LogP contribution in [0.1, 0.15) is 31.7 Å². The molecule has 0 bridgehead atoms. The summed E-state index contributed by atoms with van der Waals surface area (Å²) in [4.78, 5) is 2.38. The van der Waals surface area contributed by atoms with E-state index in [0.717, 1.165) is 31.1 Å². The van der Waals surface area contributed by atoms with E-state index in [-0.39, 0.29) is 6.61 Å². The molecule has 0 amide bonds. The van der Waals surface area contributed by atoms with Crippen LogP contribution >= 0.6 is 0 Å². The lowest BCUT2D eigenvalue weighted by Gasteiger charge is -2.37. The molecule has 106 valence electrons. The molecule has 1 aliphatic rings. The van der Waals surface area contributed by atoms with Gasteiger partial charge >= 0.3 is 0 Å². The van der Waals surface area contributed by atoms with Crippen LogP contribution in [0.25, 0.3) is 0 Å². The molecule has 3 heteroatoms. The molecular formula is C16H26N2O. The van der Waals surface area contributed by atoms with Crippen LogP contribution in [0, 0.1) is 5.92 Å². The van der Waals surface area contributed by atoms with E-state index in [2.05, 4.69) is 11.8 Å². The summed E-state index contributed by atoms with van der Waals surface area (Å²) < 4.78 is 0. The fraction of sp³-hybridized carbons (Fsp3) is 0.625. The molecule has 1 aromatic carbocycles. The minimum atomic E-state index is -0.652. The molecule has 1 atom stereocenters. The Morgan fingerprint density at radius 2 is 2.00 bits per heavy atom. The maximum atomic E-state index is 9.74.